The van der Waals surface area contributed by atoms with Crippen LogP contribution in [-0.4, -0.2) is 30.4 Å². The molecule has 4 nitrogen and oxygen atoms in total. The normalized spacial score (nSPS) is 18.5. The zero-order valence-corrected chi connectivity index (χ0v) is 7.80. The molecule has 0 unspecified atom stereocenters. The number of rotatable bonds is 1. The summed E-state index contributed by atoms with van der Waals surface area (Å²) in [6.07, 6.45) is 8.94. The van der Waals surface area contributed by atoms with Gasteiger partial charge in [-0.25, -0.2) is 9.79 Å². The minimum atomic E-state index is -0.324. The fourth-order valence-electron chi connectivity index (χ4n) is 1.33. The second kappa shape index (κ2) is 3.49. The predicted molar refractivity (Wildman–Crippen MR) is 52.5 cm³/mol. The van der Waals surface area contributed by atoms with E-state index < -0.39 is 0 Å². The Balaban J connectivity index is 2.24. The van der Waals surface area contributed by atoms with Crippen LogP contribution in [0.2, 0.25) is 0 Å². The zero-order valence-electron chi connectivity index (χ0n) is 7.80. The molecule has 0 aromatic heterocycles. The molecule has 0 saturated heterocycles. The molecule has 0 spiro atoms. The van der Waals surface area contributed by atoms with E-state index in [1.54, 1.807) is 24.6 Å². The molecule has 0 fully saturated rings. The van der Waals surface area contributed by atoms with E-state index in [9.17, 15) is 4.79 Å². The number of fused-ring (bicyclic) bond motifs is 1. The molecule has 0 aromatic rings. The van der Waals surface area contributed by atoms with Gasteiger partial charge in [-0.05, 0) is 18.2 Å². The van der Waals surface area contributed by atoms with Crippen molar-refractivity contribution in [3.05, 3.63) is 36.2 Å². The number of ether oxygens (including phenoxy) is 1. The number of amidine groups is 1. The molecule has 4 heteroatoms. The molecule has 0 radical (unpaired) electrons. The van der Waals surface area contributed by atoms with Gasteiger partial charge in [-0.3, -0.25) is 0 Å². The first-order valence-electron chi connectivity index (χ1n) is 4.29. The second-order valence-electron chi connectivity index (χ2n) is 2.93. The van der Waals surface area contributed by atoms with Crippen molar-refractivity contribution in [3.63, 3.8) is 0 Å². The third-order valence-electron chi connectivity index (χ3n) is 2.04. The first-order chi connectivity index (χ1) is 6.81. The highest BCUT2D eigenvalue weighted by Gasteiger charge is 2.16. The first-order valence-corrected chi connectivity index (χ1v) is 4.29. The standard InChI is InChI=1S/C10H10N2O2/c1-14-10(13)8-3-4-9-11-5-2-6-12(9)7-8/h2-5,7H,6H2,1H3. The summed E-state index contributed by atoms with van der Waals surface area (Å²) in [6.45, 7) is 0.740. The lowest BCUT2D eigenvalue weighted by molar-refractivity contribution is -0.135. The molecule has 14 heavy (non-hydrogen) atoms. The van der Waals surface area contributed by atoms with Gasteiger partial charge in [-0.15, -0.1) is 0 Å². The van der Waals surface area contributed by atoms with Gasteiger partial charge in [-0.2, -0.15) is 0 Å². The Morgan fingerprint density at radius 2 is 2.43 bits per heavy atom. The maximum atomic E-state index is 11.2. The zero-order chi connectivity index (χ0) is 9.97. The average Bonchev–Trinajstić information content (AvgIpc) is 2.27. The lowest BCUT2D eigenvalue weighted by Gasteiger charge is -2.24. The Morgan fingerprint density at radius 3 is 3.21 bits per heavy atom. The number of esters is 1. The number of hydrogen-bond acceptors (Lipinski definition) is 4. The number of nitrogens with zero attached hydrogens (tertiary/aromatic N) is 2. The second-order valence-corrected chi connectivity index (χ2v) is 2.93. The van der Waals surface area contributed by atoms with Crippen molar-refractivity contribution in [2.24, 2.45) is 4.99 Å². The number of carbonyl (C=O) groups is 1. The number of hydrogen-bond donors (Lipinski definition) is 0. The topological polar surface area (TPSA) is 41.9 Å². The largest absolute Gasteiger partial charge is 0.465 e. The molecule has 2 heterocycles. The monoisotopic (exact) mass is 190 g/mol. The summed E-state index contributed by atoms with van der Waals surface area (Å²) in [7, 11) is 1.37. The van der Waals surface area contributed by atoms with Crippen LogP contribution in [0.5, 0.6) is 0 Å². The summed E-state index contributed by atoms with van der Waals surface area (Å²) in [5, 5.41) is 0. The van der Waals surface area contributed by atoms with Crippen LogP contribution in [0.1, 0.15) is 0 Å². The van der Waals surface area contributed by atoms with E-state index in [0.29, 0.717) is 5.57 Å². The van der Waals surface area contributed by atoms with Gasteiger partial charge in [0.2, 0.25) is 0 Å². The summed E-state index contributed by atoms with van der Waals surface area (Å²) in [5.41, 5.74) is 0.543. The summed E-state index contributed by atoms with van der Waals surface area (Å²) in [4.78, 5) is 17.3. The molecule has 0 atom stereocenters. The summed E-state index contributed by atoms with van der Waals surface area (Å²) < 4.78 is 4.63. The fourth-order valence-corrected chi connectivity index (χ4v) is 1.33. The predicted octanol–water partition coefficient (Wildman–Crippen LogP) is 0.841. The van der Waals surface area contributed by atoms with Gasteiger partial charge in [0.25, 0.3) is 0 Å². The molecule has 0 saturated carbocycles. The van der Waals surface area contributed by atoms with Crippen molar-refractivity contribution < 1.29 is 9.53 Å². The van der Waals surface area contributed by atoms with Crippen molar-refractivity contribution >= 4 is 11.8 Å². The van der Waals surface area contributed by atoms with Crippen molar-refractivity contribution in [1.82, 2.24) is 4.90 Å². The van der Waals surface area contributed by atoms with Gasteiger partial charge in [0.1, 0.15) is 5.84 Å². The number of aliphatic imine (C=N–C) groups is 1. The Hall–Kier alpha value is -1.84. The third kappa shape index (κ3) is 1.46. The Kier molecular flexibility index (Phi) is 2.18. The lowest BCUT2D eigenvalue weighted by atomic mass is 10.2. The van der Waals surface area contributed by atoms with Crippen LogP contribution in [0.4, 0.5) is 0 Å². The van der Waals surface area contributed by atoms with Gasteiger partial charge in [0.05, 0.1) is 12.7 Å². The van der Waals surface area contributed by atoms with Gasteiger partial charge in [0.15, 0.2) is 0 Å². The van der Waals surface area contributed by atoms with Crippen molar-refractivity contribution in [1.29, 1.82) is 0 Å². The molecular weight excluding hydrogens is 180 g/mol. The lowest BCUT2D eigenvalue weighted by Crippen LogP contribution is -2.29. The molecule has 0 aliphatic carbocycles. The Bertz CT molecular complexity index is 378. The number of methoxy groups -OCH3 is 1. The highest BCUT2D eigenvalue weighted by molar-refractivity contribution is 6.01. The molecule has 0 bridgehead atoms. The van der Waals surface area contributed by atoms with Crippen LogP contribution in [0.25, 0.3) is 0 Å². The first kappa shape index (κ1) is 8.74. The molecule has 72 valence electrons. The average molecular weight is 190 g/mol. The molecule has 2 aliphatic rings. The van der Waals surface area contributed by atoms with E-state index in [-0.39, 0.29) is 5.97 Å². The van der Waals surface area contributed by atoms with Crippen molar-refractivity contribution in [3.8, 4) is 0 Å². The Morgan fingerprint density at radius 1 is 1.57 bits per heavy atom. The van der Waals surface area contributed by atoms with Crippen molar-refractivity contribution in [2.45, 2.75) is 0 Å². The van der Waals surface area contributed by atoms with E-state index in [4.69, 9.17) is 0 Å². The minimum Gasteiger partial charge on any atom is -0.465 e. The van der Waals surface area contributed by atoms with E-state index in [1.165, 1.54) is 7.11 Å². The van der Waals surface area contributed by atoms with Crippen LogP contribution >= 0.6 is 0 Å². The summed E-state index contributed by atoms with van der Waals surface area (Å²) >= 11 is 0. The molecule has 0 amide bonds. The fraction of sp³-hybridized carbons (Fsp3) is 0.200. The summed E-state index contributed by atoms with van der Waals surface area (Å²) in [5.74, 6) is 0.523. The maximum absolute atomic E-state index is 11.2. The molecular formula is C10H10N2O2. The van der Waals surface area contributed by atoms with Gasteiger partial charge in [0, 0.05) is 18.9 Å². The molecule has 2 rings (SSSR count). The van der Waals surface area contributed by atoms with Crippen molar-refractivity contribution in [2.75, 3.05) is 13.7 Å². The minimum absolute atomic E-state index is 0.324. The smallest absolute Gasteiger partial charge is 0.339 e. The van der Waals surface area contributed by atoms with Gasteiger partial charge >= 0.3 is 5.97 Å². The molecule has 2 aliphatic heterocycles. The SMILES string of the molecule is COC(=O)C1=CN2CC=CN=C2C=C1. The van der Waals surface area contributed by atoms with Gasteiger partial charge < -0.3 is 9.64 Å². The highest BCUT2D eigenvalue weighted by atomic mass is 16.5. The maximum Gasteiger partial charge on any atom is 0.339 e. The summed E-state index contributed by atoms with van der Waals surface area (Å²) in [6, 6.07) is 0. The van der Waals surface area contributed by atoms with E-state index >= 15 is 0 Å². The quantitative estimate of drug-likeness (QED) is 0.575. The van der Waals surface area contributed by atoms with Crippen LogP contribution in [0.3, 0.4) is 0 Å². The third-order valence-corrected chi connectivity index (χ3v) is 2.04. The van der Waals surface area contributed by atoms with Crippen LogP contribution in [-0.2, 0) is 9.53 Å². The van der Waals surface area contributed by atoms with Crippen LogP contribution in [0.15, 0.2) is 41.2 Å². The van der Waals surface area contributed by atoms with Crippen LogP contribution in [0, 0.1) is 0 Å². The van der Waals surface area contributed by atoms with Crippen LogP contribution < -0.4 is 0 Å². The molecule has 0 N–H and O–H groups in total. The van der Waals surface area contributed by atoms with E-state index in [2.05, 4.69) is 9.73 Å². The van der Waals surface area contributed by atoms with E-state index in [0.717, 1.165) is 12.4 Å². The Labute approximate surface area is 81.9 Å². The highest BCUT2D eigenvalue weighted by Crippen LogP contribution is 2.13. The number of carbonyl (C=O) groups excluding carboxylic acids is 1. The van der Waals surface area contributed by atoms with Gasteiger partial charge in [-0.1, -0.05) is 0 Å². The van der Waals surface area contributed by atoms with E-state index in [1.807, 2.05) is 11.0 Å². The molecule has 0 aromatic carbocycles.